The number of carbonyl (C=O) groups excluding carboxylic acids is 1. The SMILES string of the molecule is COC1(c2cc(F)cc(OCc3cccc4ccccc34)c2)CCC(=O)CC1. The predicted molar refractivity (Wildman–Crippen MR) is 107 cm³/mol. The molecule has 1 aliphatic rings. The van der Waals surface area contributed by atoms with Gasteiger partial charge in [-0.1, -0.05) is 42.5 Å². The molecular weight excluding hydrogens is 355 g/mol. The lowest BCUT2D eigenvalue weighted by Crippen LogP contribution is -2.34. The average Bonchev–Trinajstić information content (AvgIpc) is 2.72. The second-order valence-electron chi connectivity index (χ2n) is 7.34. The summed E-state index contributed by atoms with van der Waals surface area (Å²) < 4.78 is 26.1. The molecule has 28 heavy (non-hydrogen) atoms. The molecule has 0 atom stereocenters. The molecule has 4 rings (SSSR count). The Kier molecular flexibility index (Phi) is 5.14. The minimum Gasteiger partial charge on any atom is -0.489 e. The zero-order chi connectivity index (χ0) is 19.6. The van der Waals surface area contributed by atoms with Gasteiger partial charge in [-0.25, -0.2) is 4.39 Å². The molecule has 0 spiro atoms. The molecule has 0 heterocycles. The first-order chi connectivity index (χ1) is 13.6. The average molecular weight is 378 g/mol. The van der Waals surface area contributed by atoms with Gasteiger partial charge in [0.15, 0.2) is 0 Å². The highest BCUT2D eigenvalue weighted by molar-refractivity contribution is 5.85. The summed E-state index contributed by atoms with van der Waals surface area (Å²) in [5.74, 6) is 0.339. The third-order valence-electron chi connectivity index (χ3n) is 5.68. The topological polar surface area (TPSA) is 35.5 Å². The van der Waals surface area contributed by atoms with Gasteiger partial charge in [-0.05, 0) is 46.9 Å². The van der Waals surface area contributed by atoms with Crippen molar-refractivity contribution in [2.75, 3.05) is 7.11 Å². The van der Waals surface area contributed by atoms with Crippen molar-refractivity contribution >= 4 is 16.6 Å². The highest BCUT2D eigenvalue weighted by Crippen LogP contribution is 2.40. The number of methoxy groups -OCH3 is 1. The van der Waals surface area contributed by atoms with E-state index in [0.29, 0.717) is 38.0 Å². The van der Waals surface area contributed by atoms with Gasteiger partial charge in [0.05, 0.1) is 5.60 Å². The number of halogens is 1. The second kappa shape index (κ2) is 7.72. The molecule has 0 amide bonds. The molecule has 0 aliphatic heterocycles. The number of ketones is 1. The number of hydrogen-bond acceptors (Lipinski definition) is 3. The fraction of sp³-hybridized carbons (Fsp3) is 0.292. The summed E-state index contributed by atoms with van der Waals surface area (Å²) in [6.07, 6.45) is 2.04. The van der Waals surface area contributed by atoms with Gasteiger partial charge in [0, 0.05) is 26.0 Å². The van der Waals surface area contributed by atoms with E-state index in [4.69, 9.17) is 9.47 Å². The maximum atomic E-state index is 14.3. The Morgan fingerprint density at radius 3 is 2.54 bits per heavy atom. The molecule has 1 fully saturated rings. The molecule has 3 aromatic carbocycles. The number of carbonyl (C=O) groups is 1. The van der Waals surface area contributed by atoms with Crippen molar-refractivity contribution in [3.63, 3.8) is 0 Å². The van der Waals surface area contributed by atoms with Crippen LogP contribution in [0.2, 0.25) is 0 Å². The molecule has 0 saturated heterocycles. The molecule has 0 N–H and O–H groups in total. The largest absolute Gasteiger partial charge is 0.489 e. The number of ether oxygens (including phenoxy) is 2. The van der Waals surface area contributed by atoms with Crippen LogP contribution in [0.3, 0.4) is 0 Å². The van der Waals surface area contributed by atoms with Gasteiger partial charge in [-0.15, -0.1) is 0 Å². The minimum absolute atomic E-state index is 0.233. The van der Waals surface area contributed by atoms with E-state index in [2.05, 4.69) is 18.2 Å². The molecule has 3 nitrogen and oxygen atoms in total. The third kappa shape index (κ3) is 3.65. The highest BCUT2D eigenvalue weighted by atomic mass is 19.1. The maximum Gasteiger partial charge on any atom is 0.133 e. The van der Waals surface area contributed by atoms with E-state index in [1.807, 2.05) is 30.3 Å². The van der Waals surface area contributed by atoms with E-state index in [9.17, 15) is 9.18 Å². The zero-order valence-electron chi connectivity index (χ0n) is 15.9. The number of hydrogen-bond donors (Lipinski definition) is 0. The zero-order valence-corrected chi connectivity index (χ0v) is 15.9. The molecule has 0 radical (unpaired) electrons. The Morgan fingerprint density at radius 2 is 1.75 bits per heavy atom. The van der Waals surface area contributed by atoms with E-state index in [-0.39, 0.29) is 11.6 Å². The Balaban J connectivity index is 1.60. The molecule has 0 bridgehead atoms. The van der Waals surface area contributed by atoms with E-state index in [0.717, 1.165) is 21.9 Å². The summed E-state index contributed by atoms with van der Waals surface area (Å²) in [5.41, 5.74) is 1.15. The van der Waals surface area contributed by atoms with E-state index < -0.39 is 5.60 Å². The van der Waals surface area contributed by atoms with Gasteiger partial charge >= 0.3 is 0 Å². The highest BCUT2D eigenvalue weighted by Gasteiger charge is 2.37. The molecule has 3 aromatic rings. The molecule has 4 heteroatoms. The van der Waals surface area contributed by atoms with Crippen LogP contribution in [0.25, 0.3) is 10.8 Å². The molecule has 0 unspecified atom stereocenters. The molecule has 1 saturated carbocycles. The first-order valence-electron chi connectivity index (χ1n) is 9.57. The molecular formula is C24H23FO3. The molecule has 0 aromatic heterocycles. The quantitative estimate of drug-likeness (QED) is 0.584. The van der Waals surface area contributed by atoms with Crippen molar-refractivity contribution < 1.29 is 18.7 Å². The summed E-state index contributed by atoms with van der Waals surface area (Å²) >= 11 is 0. The number of rotatable bonds is 5. The number of fused-ring (bicyclic) bond motifs is 1. The Hall–Kier alpha value is -2.72. The predicted octanol–water partition coefficient (Wildman–Crippen LogP) is 5.54. The van der Waals surface area contributed by atoms with Gasteiger partial charge in [0.1, 0.15) is 24.0 Å². The van der Waals surface area contributed by atoms with Gasteiger partial charge in [0.25, 0.3) is 0 Å². The number of Topliss-reactive ketones (excluding diaryl/α,β-unsaturated/α-hetero) is 1. The summed E-state index contributed by atoms with van der Waals surface area (Å²) in [7, 11) is 1.62. The van der Waals surface area contributed by atoms with Crippen LogP contribution >= 0.6 is 0 Å². The van der Waals surface area contributed by atoms with Crippen molar-refractivity contribution in [2.24, 2.45) is 0 Å². The summed E-state index contributed by atoms with van der Waals surface area (Å²) in [6, 6.07) is 18.9. The smallest absolute Gasteiger partial charge is 0.133 e. The Bertz CT molecular complexity index is 996. The molecule has 144 valence electrons. The second-order valence-corrected chi connectivity index (χ2v) is 7.34. The fourth-order valence-corrected chi connectivity index (χ4v) is 4.03. The monoisotopic (exact) mass is 378 g/mol. The van der Waals surface area contributed by atoms with Gasteiger partial charge in [-0.2, -0.15) is 0 Å². The minimum atomic E-state index is -0.631. The summed E-state index contributed by atoms with van der Waals surface area (Å²) in [4.78, 5) is 11.6. The van der Waals surface area contributed by atoms with Crippen LogP contribution in [0.4, 0.5) is 4.39 Å². The van der Waals surface area contributed by atoms with E-state index >= 15 is 0 Å². The lowest BCUT2D eigenvalue weighted by molar-refractivity contribution is -0.127. The normalized spacial score (nSPS) is 16.3. The number of benzene rings is 3. The third-order valence-corrected chi connectivity index (χ3v) is 5.68. The fourth-order valence-electron chi connectivity index (χ4n) is 4.03. The van der Waals surface area contributed by atoms with Crippen LogP contribution < -0.4 is 4.74 Å². The van der Waals surface area contributed by atoms with Crippen molar-refractivity contribution in [1.82, 2.24) is 0 Å². The van der Waals surface area contributed by atoms with Crippen LogP contribution in [0.5, 0.6) is 5.75 Å². The summed E-state index contributed by atoms with van der Waals surface area (Å²) in [6.45, 7) is 0.350. The van der Waals surface area contributed by atoms with Crippen molar-refractivity contribution in [3.8, 4) is 5.75 Å². The van der Waals surface area contributed by atoms with Gasteiger partial charge in [0.2, 0.25) is 0 Å². The van der Waals surface area contributed by atoms with Crippen molar-refractivity contribution in [2.45, 2.75) is 37.9 Å². The van der Waals surface area contributed by atoms with Gasteiger partial charge < -0.3 is 9.47 Å². The Morgan fingerprint density at radius 1 is 1.00 bits per heavy atom. The van der Waals surface area contributed by atoms with Gasteiger partial charge in [-0.3, -0.25) is 4.79 Å². The molecule has 1 aliphatic carbocycles. The van der Waals surface area contributed by atoms with Crippen LogP contribution in [0.15, 0.2) is 60.7 Å². The lowest BCUT2D eigenvalue weighted by Gasteiger charge is -2.36. The van der Waals surface area contributed by atoms with Crippen molar-refractivity contribution in [1.29, 1.82) is 0 Å². The first kappa shape index (κ1) is 18.6. The Labute approximate surface area is 164 Å². The maximum absolute atomic E-state index is 14.3. The van der Waals surface area contributed by atoms with Crippen LogP contribution in [0, 0.1) is 5.82 Å². The van der Waals surface area contributed by atoms with Crippen LogP contribution in [0.1, 0.15) is 36.8 Å². The van der Waals surface area contributed by atoms with Crippen molar-refractivity contribution in [3.05, 3.63) is 77.6 Å². The first-order valence-corrected chi connectivity index (χ1v) is 9.57. The summed E-state index contributed by atoms with van der Waals surface area (Å²) in [5, 5.41) is 2.27. The van der Waals surface area contributed by atoms with E-state index in [1.165, 1.54) is 12.1 Å². The van der Waals surface area contributed by atoms with Crippen LogP contribution in [-0.2, 0) is 21.7 Å². The standard InChI is InChI=1S/C24H23FO3/c1-27-24(11-9-21(26)10-12-24)19-13-20(25)15-22(14-19)28-16-18-7-4-6-17-5-2-3-8-23(17)18/h2-8,13-15H,9-12,16H2,1H3. The lowest BCUT2D eigenvalue weighted by atomic mass is 9.79. The van der Waals surface area contributed by atoms with E-state index in [1.54, 1.807) is 7.11 Å². The van der Waals surface area contributed by atoms with Crippen LogP contribution in [-0.4, -0.2) is 12.9 Å².